The Morgan fingerprint density at radius 3 is 1.61 bits per heavy atom. The summed E-state index contributed by atoms with van der Waals surface area (Å²) in [5.41, 5.74) is 3.55. The standard InChI is InChI=1S/C12H14FN.C6H12.C4H8O.C3H8/c1-6-7(2)11-9(4)14-10(5)12(11)8(3)13;1-2-4-6-5-3-1;1-3-4(2)5;1-3-2/h6H,1,4H2,2-3,5H3;1-6H2;3H2,1-2H3;3H2,1-2H3/b11-7-,12-8+;;;. The van der Waals surface area contributed by atoms with E-state index in [2.05, 4.69) is 32.0 Å². The maximum Gasteiger partial charge on any atom is 0.129 e. The molecule has 0 saturated heterocycles. The van der Waals surface area contributed by atoms with E-state index in [9.17, 15) is 9.18 Å². The zero-order chi connectivity index (χ0) is 22.1. The van der Waals surface area contributed by atoms with Gasteiger partial charge in [-0.2, -0.15) is 0 Å². The summed E-state index contributed by atoms with van der Waals surface area (Å²) in [4.78, 5) is 14.0. The summed E-state index contributed by atoms with van der Waals surface area (Å²) < 4.78 is 13.3. The number of nitrogens with zero attached hydrogens (tertiary/aromatic N) is 1. The molecule has 1 aliphatic heterocycles. The Hall–Kier alpha value is -1.77. The van der Waals surface area contributed by atoms with Crippen LogP contribution in [0, 0.1) is 0 Å². The summed E-state index contributed by atoms with van der Waals surface area (Å²) in [5.74, 6) is 0.0334. The number of aliphatic imine (C=N–C) groups is 1. The normalized spacial score (nSPS) is 18.9. The van der Waals surface area contributed by atoms with Gasteiger partial charge in [0.1, 0.15) is 11.6 Å². The zero-order valence-corrected chi connectivity index (χ0v) is 19.4. The molecule has 0 unspecified atom stereocenters. The second kappa shape index (κ2) is 17.3. The van der Waals surface area contributed by atoms with Crippen LogP contribution in [-0.4, -0.2) is 11.5 Å². The molecule has 1 aliphatic carbocycles. The Morgan fingerprint density at radius 1 is 1.00 bits per heavy atom. The van der Waals surface area contributed by atoms with Crippen LogP contribution in [0.25, 0.3) is 0 Å². The van der Waals surface area contributed by atoms with E-state index in [4.69, 9.17) is 0 Å². The molecule has 0 radical (unpaired) electrons. The van der Waals surface area contributed by atoms with E-state index in [1.165, 1.54) is 51.9 Å². The van der Waals surface area contributed by atoms with E-state index >= 15 is 0 Å². The van der Waals surface area contributed by atoms with Gasteiger partial charge >= 0.3 is 0 Å². The number of rotatable bonds is 2. The molecule has 3 heteroatoms. The predicted octanol–water partition coefficient (Wildman–Crippen LogP) is 8.46. The Balaban J connectivity index is 0. The molecule has 2 rings (SSSR count). The molecule has 0 atom stereocenters. The average Bonchev–Trinajstić information content (AvgIpc) is 2.98. The lowest BCUT2D eigenvalue weighted by Crippen LogP contribution is -1.96. The van der Waals surface area contributed by atoms with Gasteiger partial charge in [0.25, 0.3) is 0 Å². The van der Waals surface area contributed by atoms with E-state index in [-0.39, 0.29) is 11.6 Å². The molecule has 2 aliphatic rings. The van der Waals surface area contributed by atoms with E-state index < -0.39 is 0 Å². The molecule has 0 amide bonds. The van der Waals surface area contributed by atoms with Crippen LogP contribution in [0.15, 0.2) is 52.5 Å². The molecule has 2 nitrogen and oxygen atoms in total. The van der Waals surface area contributed by atoms with Gasteiger partial charge in [0.05, 0.1) is 5.70 Å². The molecule has 0 aromatic carbocycles. The fourth-order valence-corrected chi connectivity index (χ4v) is 2.65. The zero-order valence-electron chi connectivity index (χ0n) is 19.4. The lowest BCUT2D eigenvalue weighted by atomic mass is 9.98. The molecular weight excluding hydrogens is 349 g/mol. The lowest BCUT2D eigenvalue weighted by Gasteiger charge is -2.05. The summed E-state index contributed by atoms with van der Waals surface area (Å²) in [5, 5.41) is 0. The van der Waals surface area contributed by atoms with Crippen molar-refractivity contribution in [3.8, 4) is 0 Å². The first-order valence-corrected chi connectivity index (χ1v) is 10.6. The minimum Gasteiger partial charge on any atom is -0.300 e. The number of carbonyl (C=O) groups excluding carboxylic acids is 1. The van der Waals surface area contributed by atoms with Gasteiger partial charge in [-0.1, -0.05) is 85.0 Å². The van der Waals surface area contributed by atoms with Crippen molar-refractivity contribution in [2.24, 2.45) is 4.99 Å². The minimum absolute atomic E-state index is 0.221. The molecule has 0 aromatic rings. The third kappa shape index (κ3) is 12.6. The largest absolute Gasteiger partial charge is 0.300 e. The lowest BCUT2D eigenvalue weighted by molar-refractivity contribution is -0.116. The van der Waals surface area contributed by atoms with Gasteiger partial charge in [-0.15, -0.1) is 0 Å². The molecule has 0 spiro atoms. The number of halogens is 1. The summed E-state index contributed by atoms with van der Waals surface area (Å²) in [6.07, 6.45) is 12.6. The van der Waals surface area contributed by atoms with Crippen molar-refractivity contribution < 1.29 is 9.18 Å². The van der Waals surface area contributed by atoms with Crippen LogP contribution in [0.2, 0.25) is 0 Å². The second-order valence-corrected chi connectivity index (χ2v) is 7.20. The Bertz CT molecular complexity index is 574. The van der Waals surface area contributed by atoms with Crippen molar-refractivity contribution in [3.05, 3.63) is 47.5 Å². The molecule has 0 aromatic heterocycles. The van der Waals surface area contributed by atoms with Crippen molar-refractivity contribution in [1.29, 1.82) is 0 Å². The maximum atomic E-state index is 13.3. The Labute approximate surface area is 173 Å². The summed E-state index contributed by atoms with van der Waals surface area (Å²) >= 11 is 0. The molecule has 0 bridgehead atoms. The van der Waals surface area contributed by atoms with E-state index in [0.29, 0.717) is 23.4 Å². The summed E-state index contributed by atoms with van der Waals surface area (Å²) in [6.45, 7) is 20.2. The van der Waals surface area contributed by atoms with Crippen LogP contribution in [0.1, 0.15) is 99.8 Å². The number of ketones is 1. The van der Waals surface area contributed by atoms with Gasteiger partial charge in [0.2, 0.25) is 0 Å². The third-order valence-corrected chi connectivity index (χ3v) is 4.25. The van der Waals surface area contributed by atoms with E-state index in [1.807, 2.05) is 13.8 Å². The number of allylic oxidation sites excluding steroid dienone is 4. The quantitative estimate of drug-likeness (QED) is 0.464. The highest BCUT2D eigenvalue weighted by molar-refractivity contribution is 6.08. The third-order valence-electron chi connectivity index (χ3n) is 4.25. The monoisotopic (exact) mass is 391 g/mol. The Kier molecular flexibility index (Phi) is 17.6. The van der Waals surface area contributed by atoms with Crippen molar-refractivity contribution in [2.75, 3.05) is 0 Å². The van der Waals surface area contributed by atoms with Crippen LogP contribution < -0.4 is 0 Å². The fraction of sp³-hybridized carbons (Fsp3) is 0.600. The minimum atomic E-state index is -0.221. The van der Waals surface area contributed by atoms with Crippen LogP contribution in [-0.2, 0) is 4.79 Å². The first-order valence-electron chi connectivity index (χ1n) is 10.6. The molecule has 1 fully saturated rings. The fourth-order valence-electron chi connectivity index (χ4n) is 2.65. The highest BCUT2D eigenvalue weighted by Crippen LogP contribution is 2.33. The Morgan fingerprint density at radius 2 is 1.36 bits per heavy atom. The number of hydrogen-bond donors (Lipinski definition) is 0. The predicted molar refractivity (Wildman–Crippen MR) is 124 cm³/mol. The van der Waals surface area contributed by atoms with Crippen LogP contribution >= 0.6 is 0 Å². The highest BCUT2D eigenvalue weighted by atomic mass is 19.1. The van der Waals surface area contributed by atoms with Crippen LogP contribution in [0.3, 0.4) is 0 Å². The van der Waals surface area contributed by atoms with Crippen molar-refractivity contribution >= 4 is 11.5 Å². The van der Waals surface area contributed by atoms with Crippen molar-refractivity contribution in [2.45, 2.75) is 99.8 Å². The summed E-state index contributed by atoms with van der Waals surface area (Å²) in [7, 11) is 0. The van der Waals surface area contributed by atoms with Gasteiger partial charge in [-0.25, -0.2) is 4.39 Å². The smallest absolute Gasteiger partial charge is 0.129 e. The van der Waals surface area contributed by atoms with Gasteiger partial charge in [0, 0.05) is 23.3 Å². The molecule has 160 valence electrons. The van der Waals surface area contributed by atoms with Gasteiger partial charge < -0.3 is 4.79 Å². The maximum absolute atomic E-state index is 13.3. The van der Waals surface area contributed by atoms with Crippen molar-refractivity contribution in [1.82, 2.24) is 0 Å². The SMILES string of the molecule is C1CCCCC1.C=C/C(C)=C1/C(=C)N=C(C)/C1=C(/C)F.CCC.CCC(C)=O. The molecule has 0 N–H and O–H groups in total. The molecule has 1 heterocycles. The first-order chi connectivity index (χ1) is 13.2. The molecular formula is C25H42FNO. The van der Waals surface area contributed by atoms with Gasteiger partial charge in [0.15, 0.2) is 0 Å². The van der Waals surface area contributed by atoms with E-state index in [0.717, 1.165) is 11.1 Å². The van der Waals surface area contributed by atoms with Crippen LogP contribution in [0.5, 0.6) is 0 Å². The van der Waals surface area contributed by atoms with E-state index in [1.54, 1.807) is 19.9 Å². The van der Waals surface area contributed by atoms with Crippen LogP contribution in [0.4, 0.5) is 4.39 Å². The highest BCUT2D eigenvalue weighted by Gasteiger charge is 2.23. The average molecular weight is 392 g/mol. The van der Waals surface area contributed by atoms with Crippen molar-refractivity contribution in [3.63, 3.8) is 0 Å². The second-order valence-electron chi connectivity index (χ2n) is 7.20. The van der Waals surface area contributed by atoms with Gasteiger partial charge in [-0.05, 0) is 33.3 Å². The first kappa shape index (κ1) is 28.4. The summed E-state index contributed by atoms with van der Waals surface area (Å²) in [6, 6.07) is 0. The molecule has 1 saturated carbocycles. The number of Topliss-reactive ketones (excluding diaryl/α,β-unsaturated/α-hetero) is 1. The molecule has 28 heavy (non-hydrogen) atoms. The topological polar surface area (TPSA) is 29.4 Å². The van der Waals surface area contributed by atoms with Gasteiger partial charge in [-0.3, -0.25) is 4.99 Å². The number of hydrogen-bond acceptors (Lipinski definition) is 2. The number of carbonyl (C=O) groups is 1.